The Morgan fingerprint density at radius 2 is 2.10 bits per heavy atom. The third-order valence-corrected chi connectivity index (χ3v) is 1.56. The van der Waals surface area contributed by atoms with Crippen LogP contribution in [-0.4, -0.2) is 7.05 Å². The van der Waals surface area contributed by atoms with Crippen LogP contribution in [0.1, 0.15) is 27.2 Å². The van der Waals surface area contributed by atoms with Gasteiger partial charge in [-0.25, -0.2) is 0 Å². The molecule has 0 aromatic carbocycles. The standard InChI is InChI=1S/C9H17N/c1-5-8(3)7-9(6-2)10-4/h5,7,10H,6H2,1-4H3/b8-5-,9-7+. The molecule has 1 heteroatoms. The summed E-state index contributed by atoms with van der Waals surface area (Å²) in [5, 5.41) is 3.14. The molecular weight excluding hydrogens is 122 g/mol. The van der Waals surface area contributed by atoms with E-state index in [0.717, 1.165) is 6.42 Å². The first-order chi connectivity index (χ1) is 4.74. The monoisotopic (exact) mass is 139 g/mol. The Bertz CT molecular complexity index is 137. The highest BCUT2D eigenvalue weighted by atomic mass is 14.8. The Balaban J connectivity index is 4.10. The van der Waals surface area contributed by atoms with Gasteiger partial charge in [0.05, 0.1) is 0 Å². The molecule has 0 aromatic rings. The Kier molecular flexibility index (Phi) is 4.73. The fraction of sp³-hybridized carbons (Fsp3) is 0.556. The molecule has 0 bridgehead atoms. The minimum Gasteiger partial charge on any atom is -0.391 e. The van der Waals surface area contributed by atoms with Gasteiger partial charge in [-0.15, -0.1) is 0 Å². The van der Waals surface area contributed by atoms with Crippen molar-refractivity contribution in [2.75, 3.05) is 7.05 Å². The van der Waals surface area contributed by atoms with Crippen molar-refractivity contribution >= 4 is 0 Å². The molecule has 0 atom stereocenters. The smallest absolute Gasteiger partial charge is 0.0104 e. The van der Waals surface area contributed by atoms with Crippen molar-refractivity contribution in [1.29, 1.82) is 0 Å². The van der Waals surface area contributed by atoms with E-state index >= 15 is 0 Å². The van der Waals surface area contributed by atoms with Gasteiger partial charge in [-0.3, -0.25) is 0 Å². The summed E-state index contributed by atoms with van der Waals surface area (Å²) in [7, 11) is 1.96. The summed E-state index contributed by atoms with van der Waals surface area (Å²) in [5.41, 5.74) is 2.60. The fourth-order valence-corrected chi connectivity index (χ4v) is 0.709. The lowest BCUT2D eigenvalue weighted by atomic mass is 10.2. The minimum absolute atomic E-state index is 1.07. The van der Waals surface area contributed by atoms with Gasteiger partial charge in [-0.2, -0.15) is 0 Å². The molecule has 58 valence electrons. The second kappa shape index (κ2) is 5.10. The molecule has 0 aliphatic carbocycles. The molecule has 0 aliphatic heterocycles. The van der Waals surface area contributed by atoms with Crippen molar-refractivity contribution in [2.45, 2.75) is 27.2 Å². The molecule has 1 N–H and O–H groups in total. The van der Waals surface area contributed by atoms with Crippen LogP contribution < -0.4 is 5.32 Å². The molecule has 10 heavy (non-hydrogen) atoms. The molecule has 0 saturated carbocycles. The van der Waals surface area contributed by atoms with Gasteiger partial charge in [0.15, 0.2) is 0 Å². The van der Waals surface area contributed by atoms with E-state index in [9.17, 15) is 0 Å². The molecule has 0 amide bonds. The second-order valence-corrected chi connectivity index (χ2v) is 2.31. The van der Waals surface area contributed by atoms with Crippen LogP contribution in [0.15, 0.2) is 23.4 Å². The first kappa shape index (κ1) is 9.28. The van der Waals surface area contributed by atoms with E-state index in [0.29, 0.717) is 0 Å². The van der Waals surface area contributed by atoms with Gasteiger partial charge in [0.1, 0.15) is 0 Å². The van der Waals surface area contributed by atoms with Gasteiger partial charge in [0.2, 0.25) is 0 Å². The molecule has 0 rings (SSSR count). The van der Waals surface area contributed by atoms with Crippen LogP contribution in [0, 0.1) is 0 Å². The normalized spacial score (nSPS) is 13.6. The van der Waals surface area contributed by atoms with Crippen molar-refractivity contribution in [3.05, 3.63) is 23.4 Å². The highest BCUT2D eigenvalue weighted by Crippen LogP contribution is 2.01. The lowest BCUT2D eigenvalue weighted by Crippen LogP contribution is -2.04. The molecule has 0 saturated heterocycles. The molecule has 0 unspecified atom stereocenters. The molecule has 0 fully saturated rings. The number of rotatable bonds is 3. The van der Waals surface area contributed by atoms with Gasteiger partial charge < -0.3 is 5.32 Å². The van der Waals surface area contributed by atoms with Crippen LogP contribution in [0.4, 0.5) is 0 Å². The van der Waals surface area contributed by atoms with E-state index in [1.54, 1.807) is 0 Å². The average molecular weight is 139 g/mol. The zero-order valence-corrected chi connectivity index (χ0v) is 7.36. The van der Waals surface area contributed by atoms with Crippen molar-refractivity contribution in [3.8, 4) is 0 Å². The average Bonchev–Trinajstić information content (AvgIpc) is 1.99. The van der Waals surface area contributed by atoms with Crippen LogP contribution in [0.3, 0.4) is 0 Å². The number of hydrogen-bond acceptors (Lipinski definition) is 1. The molecular formula is C9H17N. The van der Waals surface area contributed by atoms with Gasteiger partial charge in [0.25, 0.3) is 0 Å². The van der Waals surface area contributed by atoms with Gasteiger partial charge >= 0.3 is 0 Å². The third kappa shape index (κ3) is 3.33. The van der Waals surface area contributed by atoms with E-state index in [-0.39, 0.29) is 0 Å². The fourth-order valence-electron chi connectivity index (χ4n) is 0.709. The van der Waals surface area contributed by atoms with E-state index in [1.165, 1.54) is 11.3 Å². The maximum absolute atomic E-state index is 3.14. The zero-order chi connectivity index (χ0) is 7.98. The first-order valence-electron chi connectivity index (χ1n) is 3.75. The van der Waals surface area contributed by atoms with Crippen molar-refractivity contribution in [3.63, 3.8) is 0 Å². The summed E-state index contributed by atoms with van der Waals surface area (Å²) in [4.78, 5) is 0. The highest BCUT2D eigenvalue weighted by molar-refractivity contribution is 5.19. The van der Waals surface area contributed by atoms with E-state index in [4.69, 9.17) is 0 Å². The Labute approximate surface area is 63.8 Å². The summed E-state index contributed by atoms with van der Waals surface area (Å²) >= 11 is 0. The second-order valence-electron chi connectivity index (χ2n) is 2.31. The maximum Gasteiger partial charge on any atom is 0.0104 e. The molecule has 0 heterocycles. The molecule has 0 aromatic heterocycles. The number of allylic oxidation sites excluding steroid dienone is 4. The summed E-state index contributed by atoms with van der Waals surface area (Å²) in [5.74, 6) is 0. The van der Waals surface area contributed by atoms with E-state index in [2.05, 4.69) is 38.2 Å². The predicted octanol–water partition coefficient (Wildman–Crippen LogP) is 2.47. The van der Waals surface area contributed by atoms with Crippen molar-refractivity contribution in [2.24, 2.45) is 0 Å². The van der Waals surface area contributed by atoms with E-state index in [1.807, 2.05) is 7.05 Å². The van der Waals surface area contributed by atoms with Gasteiger partial charge in [-0.05, 0) is 26.3 Å². The molecule has 1 nitrogen and oxygen atoms in total. The summed E-state index contributed by atoms with van der Waals surface area (Å²) in [6.07, 6.45) is 5.34. The van der Waals surface area contributed by atoms with Crippen LogP contribution in [-0.2, 0) is 0 Å². The molecule has 0 radical (unpaired) electrons. The zero-order valence-electron chi connectivity index (χ0n) is 7.36. The molecule has 0 spiro atoms. The van der Waals surface area contributed by atoms with Crippen LogP contribution >= 0.6 is 0 Å². The third-order valence-electron chi connectivity index (χ3n) is 1.56. The minimum atomic E-state index is 1.07. The van der Waals surface area contributed by atoms with Gasteiger partial charge in [-0.1, -0.05) is 18.6 Å². The lowest BCUT2D eigenvalue weighted by Gasteiger charge is -2.01. The van der Waals surface area contributed by atoms with Crippen LogP contribution in [0.2, 0.25) is 0 Å². The largest absolute Gasteiger partial charge is 0.391 e. The van der Waals surface area contributed by atoms with Crippen molar-refractivity contribution < 1.29 is 0 Å². The number of hydrogen-bond donors (Lipinski definition) is 1. The van der Waals surface area contributed by atoms with Crippen LogP contribution in [0.25, 0.3) is 0 Å². The molecule has 0 aliphatic rings. The summed E-state index contributed by atoms with van der Waals surface area (Å²) < 4.78 is 0. The predicted molar refractivity (Wildman–Crippen MR) is 46.9 cm³/mol. The summed E-state index contributed by atoms with van der Waals surface area (Å²) in [6.45, 7) is 6.30. The van der Waals surface area contributed by atoms with Crippen molar-refractivity contribution in [1.82, 2.24) is 5.32 Å². The first-order valence-corrected chi connectivity index (χ1v) is 3.75. The van der Waals surface area contributed by atoms with Gasteiger partial charge in [0, 0.05) is 12.7 Å². The topological polar surface area (TPSA) is 12.0 Å². The maximum atomic E-state index is 3.14. The Morgan fingerprint density at radius 3 is 2.40 bits per heavy atom. The SMILES string of the molecule is C/C=C(C)\C=C(/CC)NC. The number of nitrogens with one attached hydrogen (secondary N) is 1. The Hall–Kier alpha value is -0.720. The lowest BCUT2D eigenvalue weighted by molar-refractivity contribution is 0.897. The quantitative estimate of drug-likeness (QED) is 0.592. The van der Waals surface area contributed by atoms with Crippen LogP contribution in [0.5, 0.6) is 0 Å². The Morgan fingerprint density at radius 1 is 1.50 bits per heavy atom. The van der Waals surface area contributed by atoms with E-state index < -0.39 is 0 Å². The highest BCUT2D eigenvalue weighted by Gasteiger charge is 1.87. The summed E-state index contributed by atoms with van der Waals surface area (Å²) in [6, 6.07) is 0.